The lowest BCUT2D eigenvalue weighted by Gasteiger charge is -2.34. The number of carbonyl (C=O) groups is 1. The third-order valence-electron chi connectivity index (χ3n) is 4.31. The molecule has 0 bridgehead atoms. The Labute approximate surface area is 141 Å². The van der Waals surface area contributed by atoms with Crippen molar-refractivity contribution >= 4 is 18.2 Å². The molecular formula is C18H22N4O2. The van der Waals surface area contributed by atoms with E-state index in [1.165, 1.54) is 7.11 Å². The molecule has 0 aliphatic carbocycles. The lowest BCUT2D eigenvalue weighted by atomic mass is 9.98. The standard InChI is InChI=1S/C18H20N4O2.H2/c1-5-15(24-4)16-11(2)20-17(21-16)18(23)22-10-8-14-13(12(22)3)7-6-9-19-14;/h5-7,9,12H,1-2,8,10H2,3-4H3,(H,20,21);1H/b16-15-;/t12-;/m1./s1. The number of rotatable bonds is 3. The van der Waals surface area contributed by atoms with Crippen LogP contribution in [-0.2, 0) is 11.2 Å². The molecule has 1 aliphatic rings. The van der Waals surface area contributed by atoms with Crippen molar-refractivity contribution in [3.05, 3.63) is 58.8 Å². The molecule has 2 aromatic heterocycles. The van der Waals surface area contributed by atoms with Crippen LogP contribution in [-0.4, -0.2) is 39.4 Å². The van der Waals surface area contributed by atoms with E-state index in [0.29, 0.717) is 23.0 Å². The van der Waals surface area contributed by atoms with Crippen molar-refractivity contribution in [2.45, 2.75) is 19.4 Å². The first-order valence-electron chi connectivity index (χ1n) is 7.77. The number of fused-ring (bicyclic) bond motifs is 1. The highest BCUT2D eigenvalue weighted by Crippen LogP contribution is 2.28. The van der Waals surface area contributed by atoms with Gasteiger partial charge in [0.1, 0.15) is 11.1 Å². The highest BCUT2D eigenvalue weighted by molar-refractivity contribution is 5.91. The average molecular weight is 326 g/mol. The molecular weight excluding hydrogens is 304 g/mol. The number of imidazole rings is 1. The molecule has 3 rings (SSSR count). The van der Waals surface area contributed by atoms with Crippen LogP contribution in [0.2, 0.25) is 0 Å². The molecule has 2 aromatic rings. The number of aromatic amines is 1. The van der Waals surface area contributed by atoms with E-state index in [2.05, 4.69) is 28.1 Å². The van der Waals surface area contributed by atoms with Crippen LogP contribution in [0.15, 0.2) is 31.0 Å². The van der Waals surface area contributed by atoms with E-state index in [-0.39, 0.29) is 19.2 Å². The van der Waals surface area contributed by atoms with E-state index in [9.17, 15) is 4.79 Å². The summed E-state index contributed by atoms with van der Waals surface area (Å²) >= 11 is 0. The van der Waals surface area contributed by atoms with Crippen LogP contribution >= 0.6 is 0 Å². The van der Waals surface area contributed by atoms with E-state index in [1.54, 1.807) is 17.2 Å². The summed E-state index contributed by atoms with van der Waals surface area (Å²) in [6.45, 7) is 10.2. The van der Waals surface area contributed by atoms with Gasteiger partial charge in [0.25, 0.3) is 5.91 Å². The van der Waals surface area contributed by atoms with Gasteiger partial charge >= 0.3 is 0 Å². The molecule has 0 fully saturated rings. The maximum absolute atomic E-state index is 12.9. The predicted octanol–water partition coefficient (Wildman–Crippen LogP) is 1.16. The summed E-state index contributed by atoms with van der Waals surface area (Å²) in [6.07, 6.45) is 4.07. The lowest BCUT2D eigenvalue weighted by Crippen LogP contribution is -2.39. The second kappa shape index (κ2) is 6.31. The van der Waals surface area contributed by atoms with Crippen LogP contribution in [0.5, 0.6) is 0 Å². The number of hydrogen-bond acceptors (Lipinski definition) is 4. The zero-order chi connectivity index (χ0) is 17.3. The first kappa shape index (κ1) is 16.0. The molecule has 0 unspecified atom stereocenters. The van der Waals surface area contributed by atoms with Crippen LogP contribution in [0.3, 0.4) is 0 Å². The zero-order valence-corrected chi connectivity index (χ0v) is 13.9. The molecule has 1 N–H and O–H groups in total. The molecule has 0 radical (unpaired) electrons. The number of nitrogens with one attached hydrogen (secondary N) is 1. The molecule has 1 atom stereocenters. The monoisotopic (exact) mass is 326 g/mol. The summed E-state index contributed by atoms with van der Waals surface area (Å²) in [5, 5.41) is 1.03. The molecule has 3 heterocycles. The topological polar surface area (TPSA) is 71.1 Å². The zero-order valence-electron chi connectivity index (χ0n) is 13.9. The average Bonchev–Trinajstić information content (AvgIpc) is 2.98. The number of H-pyrrole nitrogens is 1. The maximum Gasteiger partial charge on any atom is 0.290 e. The van der Waals surface area contributed by atoms with E-state index in [4.69, 9.17) is 4.74 Å². The SMILES string of the molecule is C=C/C(OC)=c1/nc(C(=O)N2CCc3ncccc3[C@H]2C)[nH]c1=C.[HH]. The Morgan fingerprint density at radius 1 is 1.58 bits per heavy atom. The summed E-state index contributed by atoms with van der Waals surface area (Å²) in [7, 11) is 1.53. The predicted molar refractivity (Wildman–Crippen MR) is 93.5 cm³/mol. The van der Waals surface area contributed by atoms with E-state index in [1.807, 2.05) is 19.1 Å². The van der Waals surface area contributed by atoms with E-state index >= 15 is 0 Å². The second-order valence-electron chi connectivity index (χ2n) is 5.65. The normalized spacial score (nSPS) is 17.9. The summed E-state index contributed by atoms with van der Waals surface area (Å²) in [5.41, 5.74) is 2.13. The van der Waals surface area contributed by atoms with Crippen molar-refractivity contribution in [2.24, 2.45) is 0 Å². The number of amides is 1. The van der Waals surface area contributed by atoms with Crippen LogP contribution in [0.1, 0.15) is 36.3 Å². The Kier molecular flexibility index (Phi) is 4.20. The van der Waals surface area contributed by atoms with Gasteiger partial charge in [0.15, 0.2) is 5.82 Å². The number of nitrogens with zero attached hydrogens (tertiary/aromatic N) is 3. The van der Waals surface area contributed by atoms with Gasteiger partial charge in [-0.25, -0.2) is 4.98 Å². The molecule has 6 nitrogen and oxygen atoms in total. The molecule has 0 aromatic carbocycles. The van der Waals surface area contributed by atoms with Gasteiger partial charge in [0.05, 0.1) is 18.5 Å². The minimum Gasteiger partial charge on any atom is -0.494 e. The molecule has 0 spiro atoms. The molecule has 1 amide bonds. The molecule has 126 valence electrons. The summed E-state index contributed by atoms with van der Waals surface area (Å²) in [5.74, 6) is 0.579. The molecule has 1 aliphatic heterocycles. The van der Waals surface area contributed by atoms with E-state index < -0.39 is 0 Å². The van der Waals surface area contributed by atoms with Crippen molar-refractivity contribution in [2.75, 3.05) is 13.7 Å². The van der Waals surface area contributed by atoms with Gasteiger partial charge in [-0.2, -0.15) is 0 Å². The van der Waals surface area contributed by atoms with Gasteiger partial charge in [0, 0.05) is 26.3 Å². The van der Waals surface area contributed by atoms with Crippen LogP contribution in [0.4, 0.5) is 0 Å². The molecule has 6 heteroatoms. The number of hydrogen-bond donors (Lipinski definition) is 1. The quantitative estimate of drug-likeness (QED) is 0.919. The van der Waals surface area contributed by atoms with Gasteiger partial charge in [-0.05, 0) is 24.6 Å². The number of carbonyl (C=O) groups excluding carboxylic acids is 1. The smallest absolute Gasteiger partial charge is 0.290 e. The first-order valence-corrected chi connectivity index (χ1v) is 7.77. The van der Waals surface area contributed by atoms with Gasteiger partial charge in [-0.15, -0.1) is 0 Å². The molecule has 24 heavy (non-hydrogen) atoms. The largest absolute Gasteiger partial charge is 0.494 e. The number of aromatic nitrogens is 3. The van der Waals surface area contributed by atoms with Crippen molar-refractivity contribution in [3.8, 4) is 0 Å². The second-order valence-corrected chi connectivity index (χ2v) is 5.65. The minimum atomic E-state index is -0.160. The maximum atomic E-state index is 12.9. The minimum absolute atomic E-state index is 0. The fourth-order valence-electron chi connectivity index (χ4n) is 3.03. The van der Waals surface area contributed by atoms with Gasteiger partial charge in [-0.1, -0.05) is 19.2 Å². The third-order valence-corrected chi connectivity index (χ3v) is 4.31. The number of pyridine rings is 1. The van der Waals surface area contributed by atoms with Gasteiger partial charge < -0.3 is 14.6 Å². The van der Waals surface area contributed by atoms with Crippen LogP contribution in [0, 0.1) is 0 Å². The van der Waals surface area contributed by atoms with Crippen molar-refractivity contribution in [3.63, 3.8) is 0 Å². The Morgan fingerprint density at radius 3 is 3.08 bits per heavy atom. The number of ether oxygens (including phenoxy) is 1. The van der Waals surface area contributed by atoms with Crippen molar-refractivity contribution in [1.82, 2.24) is 19.9 Å². The highest BCUT2D eigenvalue weighted by atomic mass is 16.5. The third kappa shape index (κ3) is 2.60. The Balaban J connectivity index is 0.00000225. The Morgan fingerprint density at radius 2 is 2.38 bits per heavy atom. The Hall–Kier alpha value is -2.89. The summed E-state index contributed by atoms with van der Waals surface area (Å²) < 4.78 is 5.22. The fourth-order valence-corrected chi connectivity index (χ4v) is 3.03. The summed E-state index contributed by atoms with van der Waals surface area (Å²) in [4.78, 5) is 26.4. The summed E-state index contributed by atoms with van der Waals surface area (Å²) in [6, 6.07) is 3.86. The molecule has 0 saturated heterocycles. The fraction of sp³-hybridized carbons (Fsp3) is 0.278. The van der Waals surface area contributed by atoms with Crippen molar-refractivity contribution < 1.29 is 11.0 Å². The van der Waals surface area contributed by atoms with Crippen LogP contribution in [0.25, 0.3) is 12.3 Å². The molecule has 0 saturated carbocycles. The highest BCUT2D eigenvalue weighted by Gasteiger charge is 2.30. The van der Waals surface area contributed by atoms with Crippen molar-refractivity contribution in [1.29, 1.82) is 0 Å². The first-order chi connectivity index (χ1) is 11.6. The van der Waals surface area contributed by atoms with Gasteiger partial charge in [0.2, 0.25) is 0 Å². The number of methoxy groups -OCH3 is 1. The Bertz CT molecular complexity index is 906. The lowest BCUT2D eigenvalue weighted by molar-refractivity contribution is 0.0664. The van der Waals surface area contributed by atoms with Gasteiger partial charge in [-0.3, -0.25) is 9.78 Å². The van der Waals surface area contributed by atoms with E-state index in [0.717, 1.165) is 17.7 Å². The van der Waals surface area contributed by atoms with Crippen LogP contribution < -0.4 is 10.7 Å².